The molecule has 0 aliphatic carbocycles. The third kappa shape index (κ3) is 3.85. The normalized spacial score (nSPS) is 10.4. The molecule has 0 amide bonds. The highest BCUT2D eigenvalue weighted by Crippen LogP contribution is 2.29. The Morgan fingerprint density at radius 3 is 2.50 bits per heavy atom. The van der Waals surface area contributed by atoms with Crippen LogP contribution >= 0.6 is 0 Å². The zero-order valence-electron chi connectivity index (χ0n) is 14.7. The number of carbonyl (C=O) groups excluding carboxylic acids is 1. The van der Waals surface area contributed by atoms with Crippen molar-refractivity contribution in [2.24, 2.45) is 0 Å². The number of ether oxygens (including phenoxy) is 2. The standard InChI is InChI=1S/C20H20N2O4/c1-3-25-16-11-9-14(10-12-16)13-21-19-17(20(23)24-2)18(22-26-19)15-7-5-4-6-8-15/h4-12,21H,3,13H2,1-2H3. The van der Waals surface area contributed by atoms with Gasteiger partial charge in [0.05, 0.1) is 13.7 Å². The summed E-state index contributed by atoms with van der Waals surface area (Å²) in [5.74, 6) is 0.599. The molecule has 0 aliphatic heterocycles. The van der Waals surface area contributed by atoms with Crippen molar-refractivity contribution >= 4 is 11.9 Å². The molecule has 6 nitrogen and oxygen atoms in total. The Morgan fingerprint density at radius 1 is 1.12 bits per heavy atom. The maximum absolute atomic E-state index is 12.2. The third-order valence-corrected chi connectivity index (χ3v) is 3.82. The highest BCUT2D eigenvalue weighted by atomic mass is 16.5. The predicted octanol–water partition coefficient (Wildman–Crippen LogP) is 4.14. The van der Waals surface area contributed by atoms with Gasteiger partial charge in [-0.25, -0.2) is 4.79 Å². The first kappa shape index (κ1) is 17.5. The second kappa shape index (κ2) is 8.20. The van der Waals surface area contributed by atoms with Crippen LogP contribution in [0, 0.1) is 0 Å². The quantitative estimate of drug-likeness (QED) is 0.644. The second-order valence-electron chi connectivity index (χ2n) is 5.52. The van der Waals surface area contributed by atoms with Crippen LogP contribution in [0.25, 0.3) is 11.3 Å². The highest BCUT2D eigenvalue weighted by molar-refractivity contribution is 6.00. The van der Waals surface area contributed by atoms with Gasteiger partial charge in [-0.1, -0.05) is 47.6 Å². The summed E-state index contributed by atoms with van der Waals surface area (Å²) in [4.78, 5) is 12.2. The molecule has 0 radical (unpaired) electrons. The predicted molar refractivity (Wildman–Crippen MR) is 98.2 cm³/mol. The van der Waals surface area contributed by atoms with Gasteiger partial charge in [-0.15, -0.1) is 0 Å². The molecule has 6 heteroatoms. The topological polar surface area (TPSA) is 73.6 Å². The van der Waals surface area contributed by atoms with Crippen molar-refractivity contribution in [3.63, 3.8) is 0 Å². The van der Waals surface area contributed by atoms with Gasteiger partial charge < -0.3 is 19.3 Å². The van der Waals surface area contributed by atoms with Crippen LogP contribution in [0.2, 0.25) is 0 Å². The summed E-state index contributed by atoms with van der Waals surface area (Å²) in [6.07, 6.45) is 0. The molecule has 0 saturated carbocycles. The monoisotopic (exact) mass is 352 g/mol. The zero-order chi connectivity index (χ0) is 18.4. The number of benzene rings is 2. The average molecular weight is 352 g/mol. The van der Waals surface area contributed by atoms with E-state index < -0.39 is 5.97 Å². The van der Waals surface area contributed by atoms with Crippen LogP contribution < -0.4 is 10.1 Å². The summed E-state index contributed by atoms with van der Waals surface area (Å²) < 4.78 is 15.7. The van der Waals surface area contributed by atoms with Crippen LogP contribution in [0.1, 0.15) is 22.8 Å². The fraction of sp³-hybridized carbons (Fsp3) is 0.200. The molecule has 1 N–H and O–H groups in total. The molecule has 1 aromatic heterocycles. The maximum Gasteiger partial charge on any atom is 0.345 e. The number of nitrogens with one attached hydrogen (secondary N) is 1. The molecule has 134 valence electrons. The van der Waals surface area contributed by atoms with Gasteiger partial charge in [-0.05, 0) is 24.6 Å². The molecule has 0 aliphatic rings. The van der Waals surface area contributed by atoms with Crippen LogP contribution in [-0.2, 0) is 11.3 Å². The lowest BCUT2D eigenvalue weighted by molar-refractivity contribution is 0.0602. The third-order valence-electron chi connectivity index (χ3n) is 3.82. The first-order chi connectivity index (χ1) is 12.7. The van der Waals surface area contributed by atoms with Gasteiger partial charge in [0.2, 0.25) is 5.88 Å². The lowest BCUT2D eigenvalue weighted by Gasteiger charge is -2.07. The maximum atomic E-state index is 12.2. The van der Waals surface area contributed by atoms with Gasteiger partial charge in [-0.3, -0.25) is 0 Å². The average Bonchev–Trinajstić information content (AvgIpc) is 3.12. The van der Waals surface area contributed by atoms with Crippen LogP contribution in [0.3, 0.4) is 0 Å². The number of rotatable bonds is 7. The molecule has 0 saturated heterocycles. The number of hydrogen-bond acceptors (Lipinski definition) is 6. The largest absolute Gasteiger partial charge is 0.494 e. The van der Waals surface area contributed by atoms with E-state index >= 15 is 0 Å². The van der Waals surface area contributed by atoms with E-state index in [0.717, 1.165) is 16.9 Å². The zero-order valence-corrected chi connectivity index (χ0v) is 14.7. The summed E-state index contributed by atoms with van der Waals surface area (Å²) in [6, 6.07) is 17.1. The smallest absolute Gasteiger partial charge is 0.345 e. The van der Waals surface area contributed by atoms with Crippen LogP contribution in [0.4, 0.5) is 5.88 Å². The van der Waals surface area contributed by atoms with Crippen LogP contribution in [-0.4, -0.2) is 24.8 Å². The van der Waals surface area contributed by atoms with Crippen molar-refractivity contribution in [3.8, 4) is 17.0 Å². The molecule has 3 aromatic rings. The van der Waals surface area contributed by atoms with E-state index in [9.17, 15) is 4.79 Å². The Balaban J connectivity index is 1.81. The van der Waals surface area contributed by atoms with Gasteiger partial charge in [0.25, 0.3) is 0 Å². The number of methoxy groups -OCH3 is 1. The number of anilines is 1. The van der Waals surface area contributed by atoms with Crippen molar-refractivity contribution < 1.29 is 18.8 Å². The molecular formula is C20H20N2O4. The van der Waals surface area contributed by atoms with Gasteiger partial charge >= 0.3 is 5.97 Å². The van der Waals surface area contributed by atoms with Crippen molar-refractivity contribution in [2.45, 2.75) is 13.5 Å². The minimum Gasteiger partial charge on any atom is -0.494 e. The number of nitrogens with zero attached hydrogens (tertiary/aromatic N) is 1. The molecule has 0 fully saturated rings. The SMILES string of the molecule is CCOc1ccc(CNc2onc(-c3ccccc3)c2C(=O)OC)cc1. The summed E-state index contributed by atoms with van der Waals surface area (Å²) >= 11 is 0. The fourth-order valence-electron chi connectivity index (χ4n) is 2.55. The summed E-state index contributed by atoms with van der Waals surface area (Å²) in [5, 5.41) is 7.16. The van der Waals surface area contributed by atoms with Crippen molar-refractivity contribution in [2.75, 3.05) is 19.0 Å². The molecule has 1 heterocycles. The lowest BCUT2D eigenvalue weighted by Crippen LogP contribution is -2.07. The first-order valence-electron chi connectivity index (χ1n) is 8.32. The molecule has 0 unspecified atom stereocenters. The van der Waals surface area contributed by atoms with E-state index in [1.165, 1.54) is 7.11 Å². The first-order valence-corrected chi connectivity index (χ1v) is 8.32. The Labute approximate surface area is 151 Å². The van der Waals surface area contributed by atoms with Crippen molar-refractivity contribution in [1.82, 2.24) is 5.16 Å². The number of esters is 1. The van der Waals surface area contributed by atoms with E-state index in [-0.39, 0.29) is 11.4 Å². The van der Waals surface area contributed by atoms with Gasteiger partial charge in [0.1, 0.15) is 11.4 Å². The van der Waals surface area contributed by atoms with Gasteiger partial charge in [-0.2, -0.15) is 0 Å². The van der Waals surface area contributed by atoms with Gasteiger partial charge in [0, 0.05) is 12.1 Å². The minimum absolute atomic E-state index is 0.282. The summed E-state index contributed by atoms with van der Waals surface area (Å²) in [6.45, 7) is 3.04. The lowest BCUT2D eigenvalue weighted by atomic mass is 10.1. The Bertz CT molecular complexity index is 857. The molecule has 3 rings (SSSR count). The number of carbonyl (C=O) groups is 1. The molecule has 0 bridgehead atoms. The van der Waals surface area contributed by atoms with Crippen LogP contribution in [0.5, 0.6) is 5.75 Å². The van der Waals surface area contributed by atoms with E-state index in [4.69, 9.17) is 14.0 Å². The fourth-order valence-corrected chi connectivity index (χ4v) is 2.55. The van der Waals surface area contributed by atoms with E-state index in [2.05, 4.69) is 10.5 Å². The molecule has 26 heavy (non-hydrogen) atoms. The van der Waals surface area contributed by atoms with Crippen molar-refractivity contribution in [1.29, 1.82) is 0 Å². The molecule has 0 spiro atoms. The molecular weight excluding hydrogens is 332 g/mol. The van der Waals surface area contributed by atoms with Crippen molar-refractivity contribution in [3.05, 3.63) is 65.7 Å². The van der Waals surface area contributed by atoms with Crippen LogP contribution in [0.15, 0.2) is 59.1 Å². The number of aromatic nitrogens is 1. The molecule has 0 atom stereocenters. The Hall–Kier alpha value is -3.28. The van der Waals surface area contributed by atoms with E-state index in [0.29, 0.717) is 18.8 Å². The summed E-state index contributed by atoms with van der Waals surface area (Å²) in [5.41, 5.74) is 2.53. The highest BCUT2D eigenvalue weighted by Gasteiger charge is 2.24. The Morgan fingerprint density at radius 2 is 1.85 bits per heavy atom. The number of hydrogen-bond donors (Lipinski definition) is 1. The Kier molecular flexibility index (Phi) is 5.53. The second-order valence-corrected chi connectivity index (χ2v) is 5.52. The van der Waals surface area contributed by atoms with Gasteiger partial charge in [0.15, 0.2) is 5.56 Å². The molecule has 2 aromatic carbocycles. The van der Waals surface area contributed by atoms with E-state index in [1.54, 1.807) is 0 Å². The van der Waals surface area contributed by atoms with E-state index in [1.807, 2.05) is 61.5 Å². The summed E-state index contributed by atoms with van der Waals surface area (Å²) in [7, 11) is 1.33. The minimum atomic E-state index is -0.501.